The lowest BCUT2D eigenvalue weighted by atomic mass is 10.2. The molecule has 0 amide bonds. The van der Waals surface area contributed by atoms with Crippen LogP contribution in [0.5, 0.6) is 5.75 Å². The number of nitrogens with zero attached hydrogens (tertiary/aromatic N) is 4. The summed E-state index contributed by atoms with van der Waals surface area (Å²) in [6.45, 7) is 0.502. The van der Waals surface area contributed by atoms with Crippen molar-refractivity contribution >= 4 is 0 Å². The summed E-state index contributed by atoms with van der Waals surface area (Å²) in [4.78, 5) is 0. The Labute approximate surface area is 133 Å². The first kappa shape index (κ1) is 14.9. The maximum Gasteiger partial charge on any atom is 0.119 e. The van der Waals surface area contributed by atoms with Crippen LogP contribution in [-0.2, 0) is 6.54 Å². The van der Waals surface area contributed by atoms with Crippen molar-refractivity contribution in [1.29, 1.82) is 5.26 Å². The molecule has 0 aliphatic rings. The normalized spacial score (nSPS) is 11.8. The maximum absolute atomic E-state index is 10.1. The summed E-state index contributed by atoms with van der Waals surface area (Å²) in [7, 11) is 0. The number of hydrogen-bond donors (Lipinski definition) is 1. The zero-order valence-corrected chi connectivity index (χ0v) is 12.4. The summed E-state index contributed by atoms with van der Waals surface area (Å²) in [6, 6.07) is 12.7. The van der Waals surface area contributed by atoms with Gasteiger partial charge in [-0.1, -0.05) is 0 Å². The third kappa shape index (κ3) is 3.78. The molecule has 0 saturated heterocycles. The van der Waals surface area contributed by atoms with Crippen LogP contribution in [0.1, 0.15) is 5.56 Å². The Kier molecular flexibility index (Phi) is 4.41. The first-order valence-electron chi connectivity index (χ1n) is 7.21. The minimum absolute atomic E-state index is 0.157. The number of benzene rings is 1. The van der Waals surface area contributed by atoms with Crippen molar-refractivity contribution in [2.24, 2.45) is 0 Å². The van der Waals surface area contributed by atoms with Crippen molar-refractivity contribution in [2.45, 2.75) is 12.6 Å². The summed E-state index contributed by atoms with van der Waals surface area (Å²) >= 11 is 0. The van der Waals surface area contributed by atoms with Gasteiger partial charge in [0.05, 0.1) is 30.1 Å². The third-order valence-electron chi connectivity index (χ3n) is 3.35. The molecule has 0 radical (unpaired) electrons. The van der Waals surface area contributed by atoms with E-state index in [0.717, 1.165) is 5.69 Å². The van der Waals surface area contributed by atoms with Gasteiger partial charge in [0.1, 0.15) is 18.5 Å². The molecule has 1 atom stereocenters. The quantitative estimate of drug-likeness (QED) is 0.755. The Morgan fingerprint density at radius 3 is 2.65 bits per heavy atom. The van der Waals surface area contributed by atoms with Crippen molar-refractivity contribution in [3.8, 4) is 17.5 Å². The lowest BCUT2D eigenvalue weighted by Crippen LogP contribution is -2.23. The van der Waals surface area contributed by atoms with Crippen LogP contribution < -0.4 is 4.74 Å². The van der Waals surface area contributed by atoms with E-state index >= 15 is 0 Å². The largest absolute Gasteiger partial charge is 0.491 e. The summed E-state index contributed by atoms with van der Waals surface area (Å²) in [5.74, 6) is 0.622. The summed E-state index contributed by atoms with van der Waals surface area (Å²) < 4.78 is 9.14. The lowest BCUT2D eigenvalue weighted by molar-refractivity contribution is 0.0893. The van der Waals surface area contributed by atoms with Gasteiger partial charge in [0, 0.05) is 18.6 Å². The number of hydrogen-bond acceptors (Lipinski definition) is 4. The Hall–Kier alpha value is -3.04. The van der Waals surface area contributed by atoms with Gasteiger partial charge >= 0.3 is 0 Å². The third-order valence-corrected chi connectivity index (χ3v) is 3.35. The highest BCUT2D eigenvalue weighted by atomic mass is 16.5. The van der Waals surface area contributed by atoms with Crippen molar-refractivity contribution in [3.05, 3.63) is 66.7 Å². The Morgan fingerprint density at radius 1 is 1.22 bits per heavy atom. The second kappa shape index (κ2) is 6.81. The highest BCUT2D eigenvalue weighted by Crippen LogP contribution is 2.12. The van der Waals surface area contributed by atoms with Gasteiger partial charge in [-0.05, 0) is 36.4 Å². The zero-order valence-electron chi connectivity index (χ0n) is 12.4. The van der Waals surface area contributed by atoms with Gasteiger partial charge in [-0.3, -0.25) is 4.68 Å². The molecule has 2 aromatic heterocycles. The predicted octanol–water partition coefficient (Wildman–Crippen LogP) is 1.99. The van der Waals surface area contributed by atoms with E-state index in [0.29, 0.717) is 17.9 Å². The molecular formula is C17H16N4O2. The van der Waals surface area contributed by atoms with Gasteiger partial charge in [0.25, 0.3) is 0 Å². The van der Waals surface area contributed by atoms with Crippen LogP contribution in [0.15, 0.2) is 61.2 Å². The Bertz CT molecular complexity index is 785. The van der Waals surface area contributed by atoms with Crippen molar-refractivity contribution < 1.29 is 9.84 Å². The van der Waals surface area contributed by atoms with Crippen LogP contribution >= 0.6 is 0 Å². The molecule has 6 nitrogen and oxygen atoms in total. The van der Waals surface area contributed by atoms with Crippen LogP contribution in [-0.4, -0.2) is 32.2 Å². The Balaban J connectivity index is 1.53. The van der Waals surface area contributed by atoms with E-state index in [1.807, 2.05) is 41.4 Å². The minimum Gasteiger partial charge on any atom is -0.491 e. The number of ether oxygens (including phenoxy) is 1. The van der Waals surface area contributed by atoms with Crippen LogP contribution in [0.4, 0.5) is 0 Å². The highest BCUT2D eigenvalue weighted by Gasteiger charge is 2.08. The van der Waals surface area contributed by atoms with Gasteiger partial charge in [0.15, 0.2) is 0 Å². The average Bonchev–Trinajstić information content (AvgIpc) is 3.24. The second-order valence-electron chi connectivity index (χ2n) is 5.11. The molecule has 116 valence electrons. The van der Waals surface area contributed by atoms with Crippen molar-refractivity contribution in [3.63, 3.8) is 0 Å². The van der Waals surface area contributed by atoms with E-state index in [2.05, 4.69) is 5.10 Å². The number of nitriles is 1. The van der Waals surface area contributed by atoms with Gasteiger partial charge in [-0.2, -0.15) is 10.4 Å². The SMILES string of the molecule is N#Cc1ccc(OC[C@@H](O)Cn2cc(-n3cccc3)cn2)cc1. The minimum atomic E-state index is -0.678. The molecular weight excluding hydrogens is 292 g/mol. The van der Waals surface area contributed by atoms with Gasteiger partial charge in [-0.25, -0.2) is 0 Å². The summed E-state index contributed by atoms with van der Waals surface area (Å²) in [5, 5.41) is 23.0. The molecule has 0 aliphatic heterocycles. The monoisotopic (exact) mass is 308 g/mol. The predicted molar refractivity (Wildman–Crippen MR) is 84.2 cm³/mol. The average molecular weight is 308 g/mol. The molecule has 0 bridgehead atoms. The maximum atomic E-state index is 10.1. The van der Waals surface area contributed by atoms with Crippen LogP contribution in [0.3, 0.4) is 0 Å². The molecule has 23 heavy (non-hydrogen) atoms. The highest BCUT2D eigenvalue weighted by molar-refractivity contribution is 5.34. The first-order chi connectivity index (χ1) is 11.2. The molecule has 3 aromatic rings. The molecule has 0 spiro atoms. The smallest absolute Gasteiger partial charge is 0.119 e. The van der Waals surface area contributed by atoms with Crippen LogP contribution in [0.25, 0.3) is 5.69 Å². The standard InChI is InChI=1S/C17H16N4O2/c18-9-14-3-5-17(6-4-14)23-13-16(22)12-21-11-15(10-19-21)20-7-1-2-8-20/h1-8,10-11,16,22H,12-13H2/t16-/m0/s1. The molecule has 1 aromatic carbocycles. The van der Waals surface area contributed by atoms with E-state index in [4.69, 9.17) is 10.00 Å². The molecule has 0 unspecified atom stereocenters. The van der Waals surface area contributed by atoms with Gasteiger partial charge in [-0.15, -0.1) is 0 Å². The first-order valence-corrected chi connectivity index (χ1v) is 7.21. The van der Waals surface area contributed by atoms with E-state index < -0.39 is 6.10 Å². The van der Waals surface area contributed by atoms with E-state index in [9.17, 15) is 5.11 Å². The fourth-order valence-electron chi connectivity index (χ4n) is 2.18. The molecule has 0 saturated carbocycles. The molecule has 3 rings (SSSR count). The van der Waals surface area contributed by atoms with Gasteiger partial charge < -0.3 is 14.4 Å². The second-order valence-corrected chi connectivity index (χ2v) is 5.11. The van der Waals surface area contributed by atoms with Crippen molar-refractivity contribution in [2.75, 3.05) is 6.61 Å². The fraction of sp³-hybridized carbons (Fsp3) is 0.176. The molecule has 0 fully saturated rings. The summed E-state index contributed by atoms with van der Waals surface area (Å²) in [6.07, 6.45) is 6.81. The van der Waals surface area contributed by atoms with Crippen molar-refractivity contribution in [1.82, 2.24) is 14.3 Å². The van der Waals surface area contributed by atoms with E-state index in [1.165, 1.54) is 0 Å². The number of aliphatic hydroxyl groups excluding tert-OH is 1. The topological polar surface area (TPSA) is 76.0 Å². The molecule has 6 heteroatoms. The van der Waals surface area contributed by atoms with Gasteiger partial charge in [0.2, 0.25) is 0 Å². The fourth-order valence-corrected chi connectivity index (χ4v) is 2.18. The molecule has 2 heterocycles. The number of aliphatic hydroxyl groups is 1. The van der Waals surface area contributed by atoms with E-state index in [-0.39, 0.29) is 6.61 Å². The summed E-state index contributed by atoms with van der Waals surface area (Å²) in [5.41, 5.74) is 1.52. The van der Waals surface area contributed by atoms with Crippen LogP contribution in [0, 0.1) is 11.3 Å². The number of aromatic nitrogens is 3. The van der Waals surface area contributed by atoms with E-state index in [1.54, 1.807) is 35.1 Å². The lowest BCUT2D eigenvalue weighted by Gasteiger charge is -2.12. The Morgan fingerprint density at radius 2 is 1.96 bits per heavy atom. The van der Waals surface area contributed by atoms with Crippen LogP contribution in [0.2, 0.25) is 0 Å². The molecule has 1 N–H and O–H groups in total. The molecule has 0 aliphatic carbocycles. The number of rotatable bonds is 6. The zero-order chi connectivity index (χ0) is 16.1.